The Kier molecular flexibility index (Phi) is 5.60. The van der Waals surface area contributed by atoms with Crippen molar-refractivity contribution < 1.29 is 4.74 Å². The van der Waals surface area contributed by atoms with Crippen LogP contribution in [0.3, 0.4) is 0 Å². The lowest BCUT2D eigenvalue weighted by atomic mass is 10.0. The molecule has 2 fully saturated rings. The Morgan fingerprint density at radius 1 is 1.00 bits per heavy atom. The molecule has 1 aromatic carbocycles. The van der Waals surface area contributed by atoms with Gasteiger partial charge in [0, 0.05) is 44.6 Å². The fraction of sp³-hybridized carbons (Fsp3) is 0.474. The maximum Gasteiger partial charge on any atom is 0.225 e. The van der Waals surface area contributed by atoms with Crippen molar-refractivity contribution in [1.82, 2.24) is 14.9 Å². The molecule has 2 saturated heterocycles. The van der Waals surface area contributed by atoms with Crippen molar-refractivity contribution in [3.8, 4) is 0 Å². The van der Waals surface area contributed by atoms with E-state index < -0.39 is 0 Å². The van der Waals surface area contributed by atoms with Gasteiger partial charge in [-0.2, -0.15) is 0 Å². The van der Waals surface area contributed by atoms with Crippen LogP contribution in [0.15, 0.2) is 36.7 Å². The molecule has 7 heteroatoms. The highest BCUT2D eigenvalue weighted by molar-refractivity contribution is 6.42. The maximum absolute atomic E-state index is 6.17. The van der Waals surface area contributed by atoms with Crippen molar-refractivity contribution in [2.75, 3.05) is 37.7 Å². The molecular weight excluding hydrogens is 371 g/mol. The molecule has 2 aliphatic heterocycles. The third kappa shape index (κ3) is 3.96. The maximum atomic E-state index is 6.17. The molecule has 3 heterocycles. The Hall–Kier alpha value is -1.40. The van der Waals surface area contributed by atoms with E-state index in [2.05, 4.69) is 19.8 Å². The van der Waals surface area contributed by atoms with Crippen LogP contribution in [0.2, 0.25) is 10.0 Å². The monoisotopic (exact) mass is 392 g/mol. The molecule has 0 amide bonds. The Morgan fingerprint density at radius 3 is 2.50 bits per heavy atom. The third-order valence-electron chi connectivity index (χ3n) is 5.23. The first-order chi connectivity index (χ1) is 12.7. The molecule has 26 heavy (non-hydrogen) atoms. The second-order valence-corrected chi connectivity index (χ2v) is 7.61. The molecular formula is C19H22Cl2N4O. The molecule has 2 aliphatic rings. The number of nitrogens with zero attached hydrogens (tertiary/aromatic N) is 4. The number of morpholine rings is 1. The van der Waals surface area contributed by atoms with Crippen LogP contribution >= 0.6 is 23.2 Å². The summed E-state index contributed by atoms with van der Waals surface area (Å²) in [7, 11) is 0. The number of benzene rings is 1. The molecule has 138 valence electrons. The lowest BCUT2D eigenvalue weighted by Crippen LogP contribution is -2.50. The van der Waals surface area contributed by atoms with Gasteiger partial charge in [0.15, 0.2) is 0 Å². The highest BCUT2D eigenvalue weighted by Gasteiger charge is 2.30. The van der Waals surface area contributed by atoms with Gasteiger partial charge in [0.1, 0.15) is 0 Å². The van der Waals surface area contributed by atoms with E-state index in [-0.39, 0.29) is 6.10 Å². The average molecular weight is 393 g/mol. The molecule has 0 N–H and O–H groups in total. The average Bonchev–Trinajstić information content (AvgIpc) is 2.71. The highest BCUT2D eigenvalue weighted by atomic mass is 35.5. The molecule has 4 rings (SSSR count). The molecule has 0 bridgehead atoms. The van der Waals surface area contributed by atoms with E-state index in [0.717, 1.165) is 57.1 Å². The first-order valence-electron chi connectivity index (χ1n) is 9.03. The van der Waals surface area contributed by atoms with E-state index in [1.54, 1.807) is 12.4 Å². The molecule has 0 spiro atoms. The van der Waals surface area contributed by atoms with E-state index >= 15 is 0 Å². The van der Waals surface area contributed by atoms with E-state index in [0.29, 0.717) is 16.1 Å². The number of piperidine rings is 1. The second-order valence-electron chi connectivity index (χ2n) is 6.79. The zero-order chi connectivity index (χ0) is 17.9. The Labute approximate surface area is 163 Å². The van der Waals surface area contributed by atoms with Crippen LogP contribution in [-0.2, 0) is 4.74 Å². The number of hydrogen-bond donors (Lipinski definition) is 0. The predicted molar refractivity (Wildman–Crippen MR) is 104 cm³/mol. The normalized spacial score (nSPS) is 22.5. The van der Waals surface area contributed by atoms with Crippen molar-refractivity contribution in [1.29, 1.82) is 0 Å². The van der Waals surface area contributed by atoms with Crippen LogP contribution in [0, 0.1) is 0 Å². The van der Waals surface area contributed by atoms with E-state index in [1.807, 2.05) is 24.3 Å². The van der Waals surface area contributed by atoms with Gasteiger partial charge >= 0.3 is 0 Å². The van der Waals surface area contributed by atoms with Gasteiger partial charge in [-0.05, 0) is 36.6 Å². The van der Waals surface area contributed by atoms with Crippen LogP contribution in [0.5, 0.6) is 0 Å². The van der Waals surface area contributed by atoms with Gasteiger partial charge in [0.2, 0.25) is 5.95 Å². The summed E-state index contributed by atoms with van der Waals surface area (Å²) in [5.74, 6) is 0.835. The van der Waals surface area contributed by atoms with Gasteiger partial charge in [-0.3, -0.25) is 4.90 Å². The summed E-state index contributed by atoms with van der Waals surface area (Å²) in [5, 5.41) is 1.17. The minimum atomic E-state index is 0.0500. The number of ether oxygens (including phenoxy) is 1. The molecule has 1 atom stereocenters. The van der Waals surface area contributed by atoms with E-state index in [1.165, 1.54) is 0 Å². The van der Waals surface area contributed by atoms with Crippen molar-refractivity contribution in [3.63, 3.8) is 0 Å². The Bertz CT molecular complexity index is 738. The zero-order valence-corrected chi connectivity index (χ0v) is 16.0. The minimum Gasteiger partial charge on any atom is -0.371 e. The summed E-state index contributed by atoms with van der Waals surface area (Å²) in [5.41, 5.74) is 1.10. The quantitative estimate of drug-likeness (QED) is 0.793. The summed E-state index contributed by atoms with van der Waals surface area (Å²) in [6, 6.07) is 8.21. The first kappa shape index (κ1) is 18.0. The summed E-state index contributed by atoms with van der Waals surface area (Å²) >= 11 is 12.2. The van der Waals surface area contributed by atoms with E-state index in [4.69, 9.17) is 27.9 Å². The van der Waals surface area contributed by atoms with Crippen molar-refractivity contribution in [2.45, 2.75) is 25.0 Å². The molecule has 1 aromatic heterocycles. The Balaban J connectivity index is 1.37. The summed E-state index contributed by atoms with van der Waals surface area (Å²) < 4.78 is 6.00. The van der Waals surface area contributed by atoms with Crippen molar-refractivity contribution in [3.05, 3.63) is 52.3 Å². The van der Waals surface area contributed by atoms with Gasteiger partial charge in [-0.1, -0.05) is 29.3 Å². The zero-order valence-electron chi connectivity index (χ0n) is 14.5. The number of hydrogen-bond acceptors (Lipinski definition) is 5. The number of anilines is 1. The lowest BCUT2D eigenvalue weighted by molar-refractivity contribution is -0.0481. The van der Waals surface area contributed by atoms with E-state index in [9.17, 15) is 0 Å². The van der Waals surface area contributed by atoms with Gasteiger partial charge in [0.25, 0.3) is 0 Å². The number of aromatic nitrogens is 2. The predicted octanol–water partition coefficient (Wildman–Crippen LogP) is 3.83. The molecule has 0 radical (unpaired) electrons. The molecule has 5 nitrogen and oxygen atoms in total. The number of rotatable bonds is 3. The fourth-order valence-corrected chi connectivity index (χ4v) is 4.11. The van der Waals surface area contributed by atoms with Gasteiger partial charge < -0.3 is 9.64 Å². The van der Waals surface area contributed by atoms with Gasteiger partial charge in [-0.15, -0.1) is 0 Å². The van der Waals surface area contributed by atoms with Crippen LogP contribution in [0.4, 0.5) is 5.95 Å². The largest absolute Gasteiger partial charge is 0.371 e. The standard InChI is InChI=1S/C19H22Cl2N4O/c20-16-3-2-14(12-17(16)21)18-13-25(10-11-26-18)15-4-8-24(9-5-15)19-22-6-1-7-23-19/h1-3,6-7,12,15,18H,4-5,8-11,13H2. The summed E-state index contributed by atoms with van der Waals surface area (Å²) in [4.78, 5) is 13.6. The first-order valence-corrected chi connectivity index (χ1v) is 9.79. The van der Waals surface area contributed by atoms with Crippen molar-refractivity contribution in [2.24, 2.45) is 0 Å². The van der Waals surface area contributed by atoms with Crippen LogP contribution in [-0.4, -0.2) is 53.7 Å². The SMILES string of the molecule is Clc1ccc(C2CN(C3CCN(c4ncccn4)CC3)CCO2)cc1Cl. The Morgan fingerprint density at radius 2 is 1.77 bits per heavy atom. The second kappa shape index (κ2) is 8.09. The lowest BCUT2D eigenvalue weighted by Gasteiger charge is -2.42. The summed E-state index contributed by atoms with van der Waals surface area (Å²) in [6.07, 6.45) is 5.89. The summed E-state index contributed by atoms with van der Waals surface area (Å²) in [6.45, 7) is 4.59. The van der Waals surface area contributed by atoms with Gasteiger partial charge in [-0.25, -0.2) is 9.97 Å². The third-order valence-corrected chi connectivity index (χ3v) is 5.97. The molecule has 0 saturated carbocycles. The number of halogens is 2. The molecule has 1 unspecified atom stereocenters. The molecule has 0 aliphatic carbocycles. The highest BCUT2D eigenvalue weighted by Crippen LogP contribution is 2.31. The van der Waals surface area contributed by atoms with Crippen LogP contribution < -0.4 is 4.90 Å². The van der Waals surface area contributed by atoms with Crippen molar-refractivity contribution >= 4 is 29.2 Å². The smallest absolute Gasteiger partial charge is 0.225 e. The molecule has 2 aromatic rings. The topological polar surface area (TPSA) is 41.5 Å². The van der Waals surface area contributed by atoms with Crippen LogP contribution in [0.25, 0.3) is 0 Å². The fourth-order valence-electron chi connectivity index (χ4n) is 3.80. The van der Waals surface area contributed by atoms with Crippen LogP contribution in [0.1, 0.15) is 24.5 Å². The van der Waals surface area contributed by atoms with Gasteiger partial charge in [0.05, 0.1) is 22.8 Å². The minimum absolute atomic E-state index is 0.0500.